The van der Waals surface area contributed by atoms with Crippen molar-refractivity contribution in [1.29, 1.82) is 0 Å². The molecular weight excluding hydrogens is 359 g/mol. The minimum absolute atomic E-state index is 0. The van der Waals surface area contributed by atoms with Crippen LogP contribution in [0.2, 0.25) is 0 Å². The number of likely N-dealkylation sites (N-methyl/N-ethyl adjacent to an activating group) is 1. The molecule has 2 aliphatic rings. The van der Waals surface area contributed by atoms with Crippen LogP contribution in [0.3, 0.4) is 0 Å². The third-order valence-electron chi connectivity index (χ3n) is 4.48. The maximum absolute atomic E-state index is 11.9. The Balaban J connectivity index is 0. The molecule has 1 unspecified atom stereocenters. The Morgan fingerprint density at radius 3 is 2.30 bits per heavy atom. The molecule has 1 amide bonds. The highest BCUT2D eigenvalue weighted by molar-refractivity contribution is 5.86. The number of piperazine rings is 1. The minimum atomic E-state index is 0. The number of nitrogens with zero attached hydrogens (tertiary/aromatic N) is 2. The van der Waals surface area contributed by atoms with Gasteiger partial charge in [-0.25, -0.2) is 0 Å². The number of hydrogen-bond acceptors (Lipinski definition) is 4. The fraction of sp³-hybridized carbons (Fsp3) is 0.933. The molecule has 8 heteroatoms. The summed E-state index contributed by atoms with van der Waals surface area (Å²) in [5.74, 6) is 0.707. The summed E-state index contributed by atoms with van der Waals surface area (Å²) in [6.45, 7) is 13.2. The summed E-state index contributed by atoms with van der Waals surface area (Å²) in [6.07, 6.45) is 2.11. The average Bonchev–Trinajstić information content (AvgIpc) is 3.00. The van der Waals surface area contributed by atoms with E-state index in [9.17, 15) is 4.79 Å². The smallest absolute Gasteiger partial charge is 0.237 e. The fourth-order valence-electron chi connectivity index (χ4n) is 3.10. The van der Waals surface area contributed by atoms with Crippen LogP contribution in [-0.4, -0.2) is 74.1 Å². The van der Waals surface area contributed by atoms with Crippen LogP contribution in [0.25, 0.3) is 0 Å². The van der Waals surface area contributed by atoms with Gasteiger partial charge in [-0.15, -0.1) is 37.2 Å². The van der Waals surface area contributed by atoms with Crippen molar-refractivity contribution in [3.8, 4) is 0 Å². The Kier molecular flexibility index (Phi) is 14.9. The van der Waals surface area contributed by atoms with E-state index in [4.69, 9.17) is 0 Å². The van der Waals surface area contributed by atoms with Crippen LogP contribution < -0.4 is 10.6 Å². The molecule has 0 aromatic carbocycles. The van der Waals surface area contributed by atoms with Crippen LogP contribution in [-0.2, 0) is 4.79 Å². The first-order valence-corrected chi connectivity index (χ1v) is 8.15. The Bertz CT molecular complexity index is 309. The lowest BCUT2D eigenvalue weighted by Gasteiger charge is -2.35. The molecule has 2 rings (SSSR count). The summed E-state index contributed by atoms with van der Waals surface area (Å²) >= 11 is 0. The fourth-order valence-corrected chi connectivity index (χ4v) is 3.10. The highest BCUT2D eigenvalue weighted by Gasteiger charge is 2.22. The van der Waals surface area contributed by atoms with E-state index in [1.807, 2.05) is 0 Å². The Labute approximate surface area is 159 Å². The summed E-state index contributed by atoms with van der Waals surface area (Å²) in [7, 11) is 0. The number of hydrogen-bond donors (Lipinski definition) is 2. The van der Waals surface area contributed by atoms with Crippen LogP contribution >= 0.6 is 37.2 Å². The van der Waals surface area contributed by atoms with E-state index in [1.165, 1.54) is 13.1 Å². The van der Waals surface area contributed by atoms with Gasteiger partial charge in [-0.2, -0.15) is 0 Å². The van der Waals surface area contributed by atoms with Gasteiger partial charge in [0.2, 0.25) is 5.91 Å². The van der Waals surface area contributed by atoms with Crippen LogP contribution in [0.15, 0.2) is 0 Å². The molecule has 0 bridgehead atoms. The number of amides is 1. The first-order valence-electron chi connectivity index (χ1n) is 8.15. The summed E-state index contributed by atoms with van der Waals surface area (Å²) in [5.41, 5.74) is 0. The van der Waals surface area contributed by atoms with E-state index < -0.39 is 0 Å². The molecule has 2 aliphatic heterocycles. The average molecular weight is 392 g/mol. The van der Waals surface area contributed by atoms with Crippen molar-refractivity contribution < 1.29 is 4.79 Å². The molecule has 0 aliphatic carbocycles. The minimum Gasteiger partial charge on any atom is -0.354 e. The Hall–Kier alpha value is 0.220. The molecule has 2 heterocycles. The van der Waals surface area contributed by atoms with E-state index in [0.717, 1.165) is 52.1 Å². The lowest BCUT2D eigenvalue weighted by atomic mass is 10.1. The van der Waals surface area contributed by atoms with E-state index in [2.05, 4.69) is 34.3 Å². The van der Waals surface area contributed by atoms with Gasteiger partial charge >= 0.3 is 0 Å². The Morgan fingerprint density at radius 2 is 1.78 bits per heavy atom. The van der Waals surface area contributed by atoms with Crippen LogP contribution in [0.1, 0.15) is 26.7 Å². The highest BCUT2D eigenvalue weighted by Crippen LogP contribution is 2.07. The van der Waals surface area contributed by atoms with Gasteiger partial charge in [-0.3, -0.25) is 4.79 Å². The number of nitrogens with one attached hydrogen (secondary N) is 2. The van der Waals surface area contributed by atoms with Gasteiger partial charge in [-0.05, 0) is 31.8 Å². The number of carbonyl (C=O) groups is 1. The molecule has 140 valence electrons. The topological polar surface area (TPSA) is 47.6 Å². The molecule has 2 saturated heterocycles. The van der Waals surface area contributed by atoms with E-state index in [-0.39, 0.29) is 49.2 Å². The molecule has 0 saturated carbocycles. The van der Waals surface area contributed by atoms with Crippen molar-refractivity contribution in [3.63, 3.8) is 0 Å². The maximum Gasteiger partial charge on any atom is 0.237 e. The third kappa shape index (κ3) is 8.75. The lowest BCUT2D eigenvalue weighted by molar-refractivity contribution is -0.123. The molecule has 5 nitrogen and oxygen atoms in total. The number of rotatable bonds is 6. The maximum atomic E-state index is 11.9. The zero-order chi connectivity index (χ0) is 14.4. The summed E-state index contributed by atoms with van der Waals surface area (Å²) in [6, 6.07) is 0.0512. The van der Waals surface area contributed by atoms with Crippen molar-refractivity contribution in [2.75, 3.05) is 52.4 Å². The first-order chi connectivity index (χ1) is 9.69. The van der Waals surface area contributed by atoms with Crippen molar-refractivity contribution in [2.24, 2.45) is 5.92 Å². The van der Waals surface area contributed by atoms with Crippen molar-refractivity contribution in [3.05, 3.63) is 0 Å². The van der Waals surface area contributed by atoms with Gasteiger partial charge in [0.15, 0.2) is 0 Å². The van der Waals surface area contributed by atoms with Crippen molar-refractivity contribution in [1.82, 2.24) is 20.4 Å². The second-order valence-electron chi connectivity index (χ2n) is 6.23. The van der Waals surface area contributed by atoms with Gasteiger partial charge in [0.25, 0.3) is 0 Å². The molecule has 0 aromatic heterocycles. The van der Waals surface area contributed by atoms with Crippen LogP contribution in [0.5, 0.6) is 0 Å². The summed E-state index contributed by atoms with van der Waals surface area (Å²) in [5, 5.41) is 6.34. The molecule has 0 radical (unpaired) electrons. The molecule has 2 fully saturated rings. The summed E-state index contributed by atoms with van der Waals surface area (Å²) in [4.78, 5) is 16.9. The largest absolute Gasteiger partial charge is 0.354 e. The van der Waals surface area contributed by atoms with Crippen LogP contribution in [0, 0.1) is 5.92 Å². The Morgan fingerprint density at radius 1 is 1.17 bits per heavy atom. The molecule has 2 atom stereocenters. The normalized spacial score (nSPS) is 23.1. The lowest BCUT2D eigenvalue weighted by Crippen LogP contribution is -2.48. The second kappa shape index (κ2) is 13.5. The second-order valence-corrected chi connectivity index (χ2v) is 6.23. The number of carbonyl (C=O) groups excluding carboxylic acids is 1. The third-order valence-corrected chi connectivity index (χ3v) is 4.48. The van der Waals surface area contributed by atoms with Gasteiger partial charge in [0, 0.05) is 39.3 Å². The molecular formula is C15H33Cl3N4O. The van der Waals surface area contributed by atoms with Crippen LogP contribution in [0.4, 0.5) is 0 Å². The molecule has 23 heavy (non-hydrogen) atoms. The predicted molar refractivity (Wildman–Crippen MR) is 103 cm³/mol. The summed E-state index contributed by atoms with van der Waals surface area (Å²) < 4.78 is 0. The zero-order valence-electron chi connectivity index (χ0n) is 14.3. The van der Waals surface area contributed by atoms with E-state index in [0.29, 0.717) is 5.92 Å². The zero-order valence-corrected chi connectivity index (χ0v) is 16.7. The van der Waals surface area contributed by atoms with Gasteiger partial charge in [0.1, 0.15) is 0 Å². The molecule has 0 spiro atoms. The van der Waals surface area contributed by atoms with Gasteiger partial charge < -0.3 is 20.4 Å². The number of halogens is 3. The molecule has 0 aromatic rings. The molecule has 2 N–H and O–H groups in total. The van der Waals surface area contributed by atoms with Gasteiger partial charge in [-0.1, -0.05) is 13.8 Å². The quantitative estimate of drug-likeness (QED) is 0.718. The van der Waals surface area contributed by atoms with E-state index in [1.54, 1.807) is 0 Å². The van der Waals surface area contributed by atoms with Gasteiger partial charge in [0.05, 0.1) is 6.04 Å². The van der Waals surface area contributed by atoms with Crippen molar-refractivity contribution >= 4 is 43.1 Å². The SMILES string of the molecule is CCN1CCN(CC(C)CNC(=O)[C@@H]2CCCN2)CC1.Cl.Cl.Cl. The predicted octanol–water partition coefficient (Wildman–Crippen LogP) is 1.39. The highest BCUT2D eigenvalue weighted by atomic mass is 35.5. The first kappa shape index (κ1) is 25.5. The standard InChI is InChI=1S/C15H30N4O.3ClH/c1-3-18-7-9-19(10-8-18)12-13(2)11-17-15(20)14-5-4-6-16-14;;;/h13-14,16H,3-12H2,1-2H3,(H,17,20);3*1H/t13?,14-;;;/m0.../s1. The van der Waals surface area contributed by atoms with Crippen molar-refractivity contribution in [2.45, 2.75) is 32.7 Å². The monoisotopic (exact) mass is 390 g/mol. The van der Waals surface area contributed by atoms with E-state index >= 15 is 0 Å².